The molecule has 0 bridgehead atoms. The third-order valence-electron chi connectivity index (χ3n) is 4.07. The summed E-state index contributed by atoms with van der Waals surface area (Å²) in [6.45, 7) is 10.00. The van der Waals surface area contributed by atoms with E-state index < -0.39 is 0 Å². The maximum Gasteiger partial charge on any atom is 0.0455 e. The molecule has 0 aliphatic carbocycles. The summed E-state index contributed by atoms with van der Waals surface area (Å²) < 4.78 is 0. The fourth-order valence-electron chi connectivity index (χ4n) is 2.74. The molecule has 0 saturated heterocycles. The van der Waals surface area contributed by atoms with Crippen molar-refractivity contribution in [1.29, 1.82) is 0 Å². The molecule has 1 nitrogen and oxygen atoms in total. The molecule has 0 fully saturated rings. The molecule has 0 aliphatic heterocycles. The van der Waals surface area contributed by atoms with Crippen LogP contribution in [0.25, 0.3) is 0 Å². The van der Waals surface area contributed by atoms with Crippen LogP contribution in [0.3, 0.4) is 0 Å². The van der Waals surface area contributed by atoms with Crippen LogP contribution in [-0.4, -0.2) is 6.54 Å². The molecule has 1 unspecified atom stereocenters. The third-order valence-corrected chi connectivity index (χ3v) is 5.41. The van der Waals surface area contributed by atoms with Crippen molar-refractivity contribution >= 4 is 11.3 Å². The molecule has 114 valence electrons. The molecule has 0 saturated carbocycles. The summed E-state index contributed by atoms with van der Waals surface area (Å²) in [7, 11) is 0. The van der Waals surface area contributed by atoms with E-state index >= 15 is 0 Å². The van der Waals surface area contributed by atoms with Crippen LogP contribution in [-0.2, 0) is 12.8 Å². The quantitative estimate of drug-likeness (QED) is 0.740. The lowest BCUT2D eigenvalue weighted by Gasteiger charge is -2.20. The highest BCUT2D eigenvalue weighted by Gasteiger charge is 2.16. The number of thiophene rings is 1. The van der Waals surface area contributed by atoms with Gasteiger partial charge < -0.3 is 5.32 Å². The number of hydrogen-bond donors (Lipinski definition) is 1. The Bertz CT molecular complexity index is 550. The first-order chi connectivity index (χ1) is 10.2. The minimum absolute atomic E-state index is 0.440. The molecule has 0 amide bonds. The molecular formula is C19H27NS. The molecule has 0 radical (unpaired) electrons. The van der Waals surface area contributed by atoms with Gasteiger partial charge >= 0.3 is 0 Å². The van der Waals surface area contributed by atoms with Crippen LogP contribution in [0.5, 0.6) is 0 Å². The highest BCUT2D eigenvalue weighted by Crippen LogP contribution is 2.28. The molecule has 1 aromatic heterocycles. The van der Waals surface area contributed by atoms with E-state index in [1.54, 1.807) is 0 Å². The van der Waals surface area contributed by atoms with Gasteiger partial charge in [-0.15, -0.1) is 11.3 Å². The zero-order chi connectivity index (χ0) is 15.2. The Morgan fingerprint density at radius 2 is 1.76 bits per heavy atom. The third kappa shape index (κ3) is 4.18. The second-order valence-electron chi connectivity index (χ2n) is 5.74. The summed E-state index contributed by atoms with van der Waals surface area (Å²) in [5.41, 5.74) is 4.31. The Morgan fingerprint density at radius 1 is 1.05 bits per heavy atom. The zero-order valence-electron chi connectivity index (χ0n) is 13.7. The summed E-state index contributed by atoms with van der Waals surface area (Å²) in [6.07, 6.45) is 3.39. The van der Waals surface area contributed by atoms with Crippen LogP contribution in [0.2, 0.25) is 0 Å². The van der Waals surface area contributed by atoms with Crippen molar-refractivity contribution in [3.63, 3.8) is 0 Å². The topological polar surface area (TPSA) is 12.0 Å². The maximum absolute atomic E-state index is 3.74. The van der Waals surface area contributed by atoms with Gasteiger partial charge in [-0.05, 0) is 68.5 Å². The predicted octanol–water partition coefficient (Wildman–Crippen LogP) is 5.21. The SMILES string of the molecule is CCCNC(Cc1c(C)cccc1C)c1ccc(CC)s1. The molecule has 1 aromatic carbocycles. The van der Waals surface area contributed by atoms with E-state index in [4.69, 9.17) is 0 Å². The molecule has 0 spiro atoms. The molecule has 21 heavy (non-hydrogen) atoms. The van der Waals surface area contributed by atoms with Crippen molar-refractivity contribution in [3.05, 3.63) is 56.8 Å². The van der Waals surface area contributed by atoms with Crippen LogP contribution >= 0.6 is 11.3 Å². The molecular weight excluding hydrogens is 274 g/mol. The van der Waals surface area contributed by atoms with Gasteiger partial charge in [0, 0.05) is 15.8 Å². The van der Waals surface area contributed by atoms with Gasteiger partial charge in [0.2, 0.25) is 0 Å². The molecule has 2 heteroatoms. The molecule has 2 rings (SSSR count). The number of benzene rings is 1. The van der Waals surface area contributed by atoms with Crippen molar-refractivity contribution in [2.24, 2.45) is 0 Å². The summed E-state index contributed by atoms with van der Waals surface area (Å²) in [4.78, 5) is 2.96. The monoisotopic (exact) mass is 301 g/mol. The molecule has 0 aliphatic rings. The van der Waals surface area contributed by atoms with Crippen molar-refractivity contribution in [2.75, 3.05) is 6.54 Å². The lowest BCUT2D eigenvalue weighted by molar-refractivity contribution is 0.535. The smallest absolute Gasteiger partial charge is 0.0455 e. The summed E-state index contributed by atoms with van der Waals surface area (Å²) in [5, 5.41) is 3.74. The van der Waals surface area contributed by atoms with E-state index in [0.717, 1.165) is 19.4 Å². The van der Waals surface area contributed by atoms with Gasteiger partial charge in [-0.1, -0.05) is 32.0 Å². The zero-order valence-corrected chi connectivity index (χ0v) is 14.5. The average Bonchev–Trinajstić information content (AvgIpc) is 2.95. The maximum atomic E-state index is 3.74. The van der Waals surface area contributed by atoms with Crippen LogP contribution < -0.4 is 5.32 Å². The van der Waals surface area contributed by atoms with Gasteiger partial charge in [0.15, 0.2) is 0 Å². The van der Waals surface area contributed by atoms with Crippen molar-refractivity contribution in [3.8, 4) is 0 Å². The average molecular weight is 301 g/mol. The van der Waals surface area contributed by atoms with E-state index in [-0.39, 0.29) is 0 Å². The first-order valence-electron chi connectivity index (χ1n) is 8.02. The van der Waals surface area contributed by atoms with E-state index in [9.17, 15) is 0 Å². The number of rotatable bonds is 7. The van der Waals surface area contributed by atoms with Crippen LogP contribution in [0, 0.1) is 13.8 Å². The number of hydrogen-bond acceptors (Lipinski definition) is 2. The van der Waals surface area contributed by atoms with Gasteiger partial charge in [-0.3, -0.25) is 0 Å². The Kier molecular flexibility index (Phi) is 6.01. The van der Waals surface area contributed by atoms with Gasteiger partial charge in [0.1, 0.15) is 0 Å². The summed E-state index contributed by atoms with van der Waals surface area (Å²) >= 11 is 1.96. The van der Waals surface area contributed by atoms with Crippen molar-refractivity contribution in [2.45, 2.75) is 53.0 Å². The largest absolute Gasteiger partial charge is 0.309 e. The van der Waals surface area contributed by atoms with Crippen LogP contribution in [0.15, 0.2) is 30.3 Å². The normalized spacial score (nSPS) is 12.6. The Balaban J connectivity index is 2.23. The highest BCUT2D eigenvalue weighted by molar-refractivity contribution is 7.12. The van der Waals surface area contributed by atoms with E-state index in [1.165, 1.54) is 32.9 Å². The van der Waals surface area contributed by atoms with E-state index in [0.29, 0.717) is 6.04 Å². The minimum atomic E-state index is 0.440. The number of aryl methyl sites for hydroxylation is 3. The highest BCUT2D eigenvalue weighted by atomic mass is 32.1. The second kappa shape index (κ2) is 7.77. The second-order valence-corrected chi connectivity index (χ2v) is 6.94. The molecule has 1 atom stereocenters. The van der Waals surface area contributed by atoms with E-state index in [1.807, 2.05) is 11.3 Å². The van der Waals surface area contributed by atoms with Gasteiger partial charge in [0.05, 0.1) is 0 Å². The lowest BCUT2D eigenvalue weighted by atomic mass is 9.95. The van der Waals surface area contributed by atoms with Gasteiger partial charge in [0.25, 0.3) is 0 Å². The van der Waals surface area contributed by atoms with Gasteiger partial charge in [-0.25, -0.2) is 0 Å². The predicted molar refractivity (Wildman–Crippen MR) is 94.4 cm³/mol. The summed E-state index contributed by atoms with van der Waals surface area (Å²) in [6, 6.07) is 11.6. The first-order valence-corrected chi connectivity index (χ1v) is 8.84. The Hall–Kier alpha value is -1.12. The first kappa shape index (κ1) is 16.3. The Morgan fingerprint density at radius 3 is 2.33 bits per heavy atom. The molecule has 2 aromatic rings. The molecule has 1 heterocycles. The van der Waals surface area contributed by atoms with Crippen LogP contribution in [0.1, 0.15) is 52.8 Å². The number of nitrogens with one attached hydrogen (secondary N) is 1. The Labute approximate surface area is 133 Å². The summed E-state index contributed by atoms with van der Waals surface area (Å²) in [5.74, 6) is 0. The van der Waals surface area contributed by atoms with Crippen LogP contribution in [0.4, 0.5) is 0 Å². The minimum Gasteiger partial charge on any atom is -0.309 e. The fourth-order valence-corrected chi connectivity index (χ4v) is 3.77. The lowest BCUT2D eigenvalue weighted by Crippen LogP contribution is -2.24. The van der Waals surface area contributed by atoms with Crippen molar-refractivity contribution in [1.82, 2.24) is 5.32 Å². The standard InChI is InChI=1S/C19H27NS/c1-5-12-20-18(19-11-10-16(6-2)21-19)13-17-14(3)8-7-9-15(17)4/h7-11,18,20H,5-6,12-13H2,1-4H3. The van der Waals surface area contributed by atoms with E-state index in [2.05, 4.69) is 63.3 Å². The fraction of sp³-hybridized carbons (Fsp3) is 0.474. The van der Waals surface area contributed by atoms with Gasteiger partial charge in [-0.2, -0.15) is 0 Å². The van der Waals surface area contributed by atoms with Crippen molar-refractivity contribution < 1.29 is 0 Å². The molecule has 1 N–H and O–H groups in total.